The highest BCUT2D eigenvalue weighted by molar-refractivity contribution is 5.95. The minimum absolute atomic E-state index is 0.0429. The number of hydrazine groups is 1. The maximum atomic E-state index is 12.3. The average Bonchev–Trinajstić information content (AvgIpc) is 3.40. The van der Waals surface area contributed by atoms with Gasteiger partial charge in [-0.25, -0.2) is 14.6 Å². The van der Waals surface area contributed by atoms with Gasteiger partial charge >= 0.3 is 11.6 Å². The molecule has 1 aromatic heterocycles. The number of amides is 1. The fourth-order valence-corrected chi connectivity index (χ4v) is 2.78. The normalized spacial score (nSPS) is 14.8. The lowest BCUT2D eigenvalue weighted by Gasteiger charge is -2.15. The summed E-state index contributed by atoms with van der Waals surface area (Å²) in [5.74, 6) is -0.617. The second-order valence-electron chi connectivity index (χ2n) is 6.34. The molecule has 0 saturated carbocycles. The number of ether oxygens (including phenoxy) is 1. The van der Waals surface area contributed by atoms with Gasteiger partial charge in [-0.3, -0.25) is 9.32 Å². The van der Waals surface area contributed by atoms with Gasteiger partial charge in [0.15, 0.2) is 5.70 Å². The number of hydrogen-bond acceptors (Lipinski definition) is 9. The van der Waals surface area contributed by atoms with Crippen LogP contribution in [0.4, 0.5) is 5.69 Å². The molecule has 2 aromatic carbocycles. The highest BCUT2D eigenvalue weighted by Gasteiger charge is 2.29. The van der Waals surface area contributed by atoms with Crippen LogP contribution in [-0.4, -0.2) is 23.8 Å². The topological polar surface area (TPSA) is 142 Å². The van der Waals surface area contributed by atoms with Crippen molar-refractivity contribution >= 4 is 17.6 Å². The van der Waals surface area contributed by atoms with Crippen molar-refractivity contribution in [2.75, 3.05) is 11.6 Å². The first-order chi connectivity index (χ1) is 15.5. The summed E-state index contributed by atoms with van der Waals surface area (Å²) < 4.78 is 11.3. The lowest BCUT2D eigenvalue weighted by Crippen LogP contribution is -2.32. The van der Waals surface area contributed by atoms with E-state index in [-0.39, 0.29) is 11.3 Å². The van der Waals surface area contributed by atoms with E-state index in [1.54, 1.807) is 36.4 Å². The predicted molar refractivity (Wildman–Crippen MR) is 107 cm³/mol. The monoisotopic (exact) mass is 437 g/mol. The van der Waals surface area contributed by atoms with Crippen LogP contribution in [0.1, 0.15) is 17.3 Å². The second kappa shape index (κ2) is 9.06. The maximum absolute atomic E-state index is 12.3. The van der Waals surface area contributed by atoms with Crippen molar-refractivity contribution in [3.63, 3.8) is 0 Å². The Morgan fingerprint density at radius 3 is 2.56 bits per heavy atom. The van der Waals surface area contributed by atoms with Gasteiger partial charge in [-0.15, -0.1) is 5.11 Å². The van der Waals surface area contributed by atoms with E-state index in [9.17, 15) is 14.4 Å². The van der Waals surface area contributed by atoms with Crippen molar-refractivity contribution in [1.82, 2.24) is 10.9 Å². The molecule has 0 unspecified atom stereocenters. The Hall–Kier alpha value is -4.58. The van der Waals surface area contributed by atoms with Crippen LogP contribution in [0.3, 0.4) is 0 Å². The third kappa shape index (κ3) is 4.44. The standard InChI is InChI=1S/C20H16N6O6/c1-2-30-16-9-7-15(8-10-16)26-17(20(29)32-24-26)11-21-22-19(28)13-3-5-14(6-4-13)25-12-18(27)31-23-25/h3-12,24H,2H2,1H3/p+1/b17-11-,22-21?. The van der Waals surface area contributed by atoms with Crippen LogP contribution in [0.15, 0.2) is 86.2 Å². The van der Waals surface area contributed by atoms with Gasteiger partial charge in [0.2, 0.25) is 5.69 Å². The zero-order valence-corrected chi connectivity index (χ0v) is 16.7. The zero-order chi connectivity index (χ0) is 22.5. The molecule has 1 aliphatic rings. The predicted octanol–water partition coefficient (Wildman–Crippen LogP) is 1.56. The summed E-state index contributed by atoms with van der Waals surface area (Å²) in [6, 6.07) is 13.2. The SMILES string of the molecule is CCOc1ccc(N2NOC(=O)/C2=C/N=NC(=O)c2ccc(-[n+]3cc(=O)o[nH]3)cc2)cc1. The number of aromatic amines is 1. The van der Waals surface area contributed by atoms with E-state index in [4.69, 9.17) is 9.57 Å². The second-order valence-corrected chi connectivity index (χ2v) is 6.34. The first kappa shape index (κ1) is 20.7. The van der Waals surface area contributed by atoms with Gasteiger partial charge in [-0.1, -0.05) is 5.59 Å². The average molecular weight is 437 g/mol. The number of carbonyl (C=O) groups is 2. The third-order valence-corrected chi connectivity index (χ3v) is 4.29. The summed E-state index contributed by atoms with van der Waals surface area (Å²) in [5.41, 5.74) is 3.41. The van der Waals surface area contributed by atoms with Crippen molar-refractivity contribution in [2.24, 2.45) is 10.2 Å². The molecule has 1 aliphatic heterocycles. The number of nitrogens with one attached hydrogen (secondary N) is 2. The molecule has 0 spiro atoms. The lowest BCUT2D eigenvalue weighted by atomic mass is 10.2. The van der Waals surface area contributed by atoms with Crippen LogP contribution >= 0.6 is 0 Å². The number of H-pyrrole nitrogens is 1. The number of carbonyl (C=O) groups excluding carboxylic acids is 2. The molecule has 1 fully saturated rings. The molecule has 162 valence electrons. The number of nitrogens with zero attached hydrogens (tertiary/aromatic N) is 4. The molecule has 4 rings (SSSR count). The van der Waals surface area contributed by atoms with E-state index in [2.05, 4.69) is 25.6 Å². The molecule has 2 N–H and O–H groups in total. The molecule has 3 aromatic rings. The Kier molecular flexibility index (Phi) is 5.85. The molecule has 12 nitrogen and oxygen atoms in total. The van der Waals surface area contributed by atoms with E-state index in [0.717, 1.165) is 6.20 Å². The Morgan fingerprint density at radius 1 is 1.16 bits per heavy atom. The molecule has 0 atom stereocenters. The molecule has 32 heavy (non-hydrogen) atoms. The van der Waals surface area contributed by atoms with Crippen LogP contribution in [0.5, 0.6) is 5.75 Å². The van der Waals surface area contributed by atoms with E-state index in [0.29, 0.717) is 23.7 Å². The van der Waals surface area contributed by atoms with Crippen molar-refractivity contribution in [3.05, 3.63) is 82.6 Å². The fraction of sp³-hybridized carbons (Fsp3) is 0.100. The van der Waals surface area contributed by atoms with Crippen LogP contribution in [0.2, 0.25) is 0 Å². The summed E-state index contributed by atoms with van der Waals surface area (Å²) in [4.78, 5) is 40.2. The number of azo groups is 1. The molecule has 1 amide bonds. The Balaban J connectivity index is 1.46. The van der Waals surface area contributed by atoms with E-state index in [1.807, 2.05) is 6.92 Å². The van der Waals surface area contributed by atoms with Crippen molar-refractivity contribution in [2.45, 2.75) is 6.92 Å². The fourth-order valence-electron chi connectivity index (χ4n) is 2.78. The first-order valence-electron chi connectivity index (χ1n) is 9.41. The number of hydrogen-bond donors (Lipinski definition) is 2. The highest BCUT2D eigenvalue weighted by Crippen LogP contribution is 2.24. The maximum Gasteiger partial charge on any atom is 0.427 e. The van der Waals surface area contributed by atoms with Crippen LogP contribution < -0.4 is 25.6 Å². The molecular weight excluding hydrogens is 420 g/mol. The smallest absolute Gasteiger partial charge is 0.427 e. The van der Waals surface area contributed by atoms with Gasteiger partial charge in [0, 0.05) is 17.7 Å². The van der Waals surface area contributed by atoms with Crippen molar-refractivity contribution < 1.29 is 28.4 Å². The summed E-state index contributed by atoms with van der Waals surface area (Å²) in [5, 5.41) is 11.1. The van der Waals surface area contributed by atoms with Gasteiger partial charge in [-0.2, -0.15) is 5.11 Å². The van der Waals surface area contributed by atoms with Crippen LogP contribution in [-0.2, 0) is 9.63 Å². The van der Waals surface area contributed by atoms with Crippen LogP contribution in [0, 0.1) is 0 Å². The van der Waals surface area contributed by atoms with Gasteiger partial charge in [0.05, 0.1) is 18.5 Å². The summed E-state index contributed by atoms with van der Waals surface area (Å²) in [6.07, 6.45) is 2.34. The highest BCUT2D eigenvalue weighted by atomic mass is 16.7. The van der Waals surface area contributed by atoms with Crippen molar-refractivity contribution in [3.8, 4) is 11.4 Å². The lowest BCUT2D eigenvalue weighted by molar-refractivity contribution is -0.670. The van der Waals surface area contributed by atoms with Gasteiger partial charge < -0.3 is 9.57 Å². The molecule has 12 heteroatoms. The first-order valence-corrected chi connectivity index (χ1v) is 9.41. The number of benzene rings is 2. The molecule has 1 saturated heterocycles. The Bertz CT molecular complexity index is 1240. The molecule has 0 radical (unpaired) electrons. The van der Waals surface area contributed by atoms with Gasteiger partial charge in [0.25, 0.3) is 12.1 Å². The number of aromatic nitrogens is 2. The quantitative estimate of drug-likeness (QED) is 0.336. The molecule has 0 bridgehead atoms. The zero-order valence-electron chi connectivity index (χ0n) is 16.7. The molecule has 0 aliphatic carbocycles. The minimum Gasteiger partial charge on any atom is -0.494 e. The summed E-state index contributed by atoms with van der Waals surface area (Å²) in [7, 11) is 0. The van der Waals surface area contributed by atoms with Crippen LogP contribution in [0.25, 0.3) is 5.69 Å². The number of rotatable bonds is 6. The Labute approximate surface area is 180 Å². The molecule has 2 heterocycles. The largest absolute Gasteiger partial charge is 0.494 e. The summed E-state index contributed by atoms with van der Waals surface area (Å²) in [6.45, 7) is 2.41. The van der Waals surface area contributed by atoms with E-state index in [1.165, 1.54) is 28.0 Å². The molecular formula is C20H17N6O6+. The number of anilines is 1. The third-order valence-electron chi connectivity index (χ3n) is 4.29. The van der Waals surface area contributed by atoms with E-state index >= 15 is 0 Å². The van der Waals surface area contributed by atoms with Gasteiger partial charge in [-0.05, 0) is 53.3 Å². The van der Waals surface area contributed by atoms with Crippen molar-refractivity contribution in [1.29, 1.82) is 0 Å². The minimum atomic E-state index is -0.680. The van der Waals surface area contributed by atoms with E-state index < -0.39 is 17.5 Å². The summed E-state index contributed by atoms with van der Waals surface area (Å²) >= 11 is 0. The van der Waals surface area contributed by atoms with Gasteiger partial charge in [0.1, 0.15) is 5.75 Å². The Morgan fingerprint density at radius 2 is 1.91 bits per heavy atom.